The molecule has 0 fully saturated rings. The molecule has 17 heavy (non-hydrogen) atoms. The monoisotopic (exact) mass is 260 g/mol. The third-order valence-corrected chi connectivity index (χ3v) is 4.87. The van der Waals surface area contributed by atoms with Crippen LogP contribution in [0.2, 0.25) is 0 Å². The van der Waals surface area contributed by atoms with E-state index in [0.29, 0.717) is 5.69 Å². The quantitative estimate of drug-likeness (QED) is 0.807. The minimum absolute atomic E-state index is 0.210. The summed E-state index contributed by atoms with van der Waals surface area (Å²) in [5, 5.41) is 2.92. The van der Waals surface area contributed by atoms with Crippen molar-refractivity contribution in [1.29, 1.82) is 0 Å². The number of nitrogens with two attached hydrogens (primary N) is 1. The molecule has 0 bridgehead atoms. The van der Waals surface area contributed by atoms with Crippen LogP contribution in [-0.2, 0) is 9.84 Å². The highest BCUT2D eigenvalue weighted by Crippen LogP contribution is 2.22. The summed E-state index contributed by atoms with van der Waals surface area (Å²) in [4.78, 5) is 0. The molecule has 0 radical (unpaired) electrons. The van der Waals surface area contributed by atoms with Crippen LogP contribution in [0.5, 0.6) is 0 Å². The van der Waals surface area contributed by atoms with E-state index < -0.39 is 20.4 Å². The smallest absolute Gasteiger partial charge is 0.154 e. The zero-order chi connectivity index (χ0) is 13.3. The highest BCUT2D eigenvalue weighted by Gasteiger charge is 2.29. The molecule has 0 aliphatic rings. The van der Waals surface area contributed by atoms with Crippen LogP contribution < -0.4 is 11.1 Å². The van der Waals surface area contributed by atoms with E-state index >= 15 is 0 Å². The summed E-state index contributed by atoms with van der Waals surface area (Å²) in [6.45, 7) is 3.45. The van der Waals surface area contributed by atoms with E-state index in [9.17, 15) is 12.8 Å². The van der Waals surface area contributed by atoms with Crippen LogP contribution >= 0.6 is 0 Å². The Hall–Kier alpha value is -1.30. The highest BCUT2D eigenvalue weighted by atomic mass is 32.2. The Morgan fingerprint density at radius 2 is 2.00 bits per heavy atom. The number of hydrogen-bond donors (Lipinski definition) is 2. The summed E-state index contributed by atoms with van der Waals surface area (Å²) in [7, 11) is -3.17. The molecule has 0 saturated carbocycles. The van der Waals surface area contributed by atoms with Crippen molar-refractivity contribution in [1.82, 2.24) is 0 Å². The lowest BCUT2D eigenvalue weighted by atomic mass is 10.2. The van der Waals surface area contributed by atoms with E-state index in [4.69, 9.17) is 5.73 Å². The third kappa shape index (κ3) is 3.33. The fraction of sp³-hybridized carbons (Fsp3) is 0.455. The highest BCUT2D eigenvalue weighted by molar-refractivity contribution is 7.92. The first-order chi connectivity index (χ1) is 7.63. The lowest BCUT2D eigenvalue weighted by Crippen LogP contribution is -2.38. The number of sulfone groups is 1. The van der Waals surface area contributed by atoms with Gasteiger partial charge in [-0.15, -0.1) is 0 Å². The van der Waals surface area contributed by atoms with Gasteiger partial charge in [-0.1, -0.05) is 0 Å². The van der Waals surface area contributed by atoms with E-state index in [1.807, 2.05) is 0 Å². The standard InChI is InChI=1S/C11H17FN2O2S/c1-11(2,17(3,15)16)7-14-10-5-4-8(12)6-9(10)13/h4-6,14H,7,13H2,1-3H3. The number of anilines is 2. The summed E-state index contributed by atoms with van der Waals surface area (Å²) < 4.78 is 34.9. The minimum Gasteiger partial charge on any atom is -0.397 e. The van der Waals surface area contributed by atoms with Gasteiger partial charge in [-0.3, -0.25) is 0 Å². The molecule has 3 N–H and O–H groups in total. The Morgan fingerprint density at radius 1 is 1.41 bits per heavy atom. The Labute approximate surface area is 101 Å². The Morgan fingerprint density at radius 3 is 2.47 bits per heavy atom. The summed E-state index contributed by atoms with van der Waals surface area (Å²) in [5.41, 5.74) is 6.40. The van der Waals surface area contributed by atoms with Crippen LogP contribution in [-0.4, -0.2) is 26.0 Å². The van der Waals surface area contributed by atoms with Crippen LogP contribution in [0.4, 0.5) is 15.8 Å². The molecule has 0 heterocycles. The average Bonchev–Trinajstić information content (AvgIpc) is 2.14. The van der Waals surface area contributed by atoms with Gasteiger partial charge in [0.2, 0.25) is 0 Å². The molecule has 1 aromatic rings. The maximum absolute atomic E-state index is 12.8. The molecule has 6 heteroatoms. The second-order valence-corrected chi connectivity index (χ2v) is 7.27. The predicted molar refractivity (Wildman–Crippen MR) is 68.2 cm³/mol. The van der Waals surface area contributed by atoms with Gasteiger partial charge in [-0.25, -0.2) is 12.8 Å². The van der Waals surface area contributed by atoms with Gasteiger partial charge in [0.15, 0.2) is 9.84 Å². The second kappa shape index (κ2) is 4.52. The van der Waals surface area contributed by atoms with Crippen molar-refractivity contribution < 1.29 is 12.8 Å². The topological polar surface area (TPSA) is 72.2 Å². The first-order valence-corrected chi connectivity index (χ1v) is 7.01. The van der Waals surface area contributed by atoms with Gasteiger partial charge in [0.05, 0.1) is 16.1 Å². The lowest BCUT2D eigenvalue weighted by Gasteiger charge is -2.23. The maximum Gasteiger partial charge on any atom is 0.154 e. The van der Waals surface area contributed by atoms with E-state index in [0.717, 1.165) is 0 Å². The van der Waals surface area contributed by atoms with Crippen LogP contribution in [0.15, 0.2) is 18.2 Å². The molecule has 0 aromatic heterocycles. The maximum atomic E-state index is 12.8. The SMILES string of the molecule is CC(C)(CNc1ccc(F)cc1N)S(C)(=O)=O. The summed E-state index contributed by atoms with van der Waals surface area (Å²) in [6.07, 6.45) is 1.18. The van der Waals surface area contributed by atoms with Crippen molar-refractivity contribution >= 4 is 21.2 Å². The molecule has 1 rings (SSSR count). The van der Waals surface area contributed by atoms with Gasteiger partial charge in [-0.2, -0.15) is 0 Å². The van der Waals surface area contributed by atoms with Crippen molar-refractivity contribution in [2.75, 3.05) is 23.9 Å². The van der Waals surface area contributed by atoms with Crippen LogP contribution in [0.1, 0.15) is 13.8 Å². The molecule has 4 nitrogen and oxygen atoms in total. The molecule has 0 aliphatic carbocycles. The van der Waals surface area contributed by atoms with Crippen molar-refractivity contribution in [3.05, 3.63) is 24.0 Å². The van der Waals surface area contributed by atoms with Crippen molar-refractivity contribution in [3.63, 3.8) is 0 Å². The summed E-state index contributed by atoms with van der Waals surface area (Å²) >= 11 is 0. The molecule has 0 aliphatic heterocycles. The van der Waals surface area contributed by atoms with E-state index in [2.05, 4.69) is 5.32 Å². The fourth-order valence-electron chi connectivity index (χ4n) is 1.13. The molecule has 96 valence electrons. The number of halogens is 1. The van der Waals surface area contributed by atoms with Gasteiger partial charge >= 0.3 is 0 Å². The van der Waals surface area contributed by atoms with Crippen LogP contribution in [0.3, 0.4) is 0 Å². The van der Waals surface area contributed by atoms with E-state index in [1.165, 1.54) is 24.5 Å². The average molecular weight is 260 g/mol. The number of nitrogen functional groups attached to an aromatic ring is 1. The van der Waals surface area contributed by atoms with Crippen molar-refractivity contribution in [3.8, 4) is 0 Å². The largest absolute Gasteiger partial charge is 0.397 e. The zero-order valence-corrected chi connectivity index (χ0v) is 10.9. The fourth-order valence-corrected chi connectivity index (χ4v) is 1.47. The molecule has 0 saturated heterocycles. The second-order valence-electron chi connectivity index (χ2n) is 4.62. The normalized spacial score (nSPS) is 12.5. The van der Waals surface area contributed by atoms with Gasteiger partial charge in [0.1, 0.15) is 5.82 Å². The van der Waals surface area contributed by atoms with Gasteiger partial charge in [-0.05, 0) is 32.0 Å². The molecular weight excluding hydrogens is 243 g/mol. The van der Waals surface area contributed by atoms with E-state index in [1.54, 1.807) is 13.8 Å². The van der Waals surface area contributed by atoms with Crippen LogP contribution in [0, 0.1) is 5.82 Å². The molecule has 0 unspecified atom stereocenters. The Balaban J connectivity index is 2.81. The Kier molecular flexibility index (Phi) is 3.66. The molecular formula is C11H17FN2O2S. The molecule has 0 amide bonds. The summed E-state index contributed by atoms with van der Waals surface area (Å²) in [5.74, 6) is -0.421. The van der Waals surface area contributed by atoms with Crippen molar-refractivity contribution in [2.45, 2.75) is 18.6 Å². The van der Waals surface area contributed by atoms with E-state index in [-0.39, 0.29) is 12.2 Å². The summed E-state index contributed by atoms with van der Waals surface area (Å²) in [6, 6.07) is 3.95. The van der Waals surface area contributed by atoms with Gasteiger partial charge < -0.3 is 11.1 Å². The van der Waals surface area contributed by atoms with Crippen molar-refractivity contribution in [2.24, 2.45) is 0 Å². The molecule has 0 spiro atoms. The number of rotatable bonds is 4. The van der Waals surface area contributed by atoms with Gasteiger partial charge in [0, 0.05) is 12.8 Å². The zero-order valence-electron chi connectivity index (χ0n) is 10.1. The number of nitrogens with one attached hydrogen (secondary N) is 1. The first kappa shape index (κ1) is 13.8. The third-order valence-electron chi connectivity index (χ3n) is 2.72. The Bertz CT molecular complexity index is 512. The minimum atomic E-state index is -3.17. The van der Waals surface area contributed by atoms with Crippen LogP contribution in [0.25, 0.3) is 0 Å². The predicted octanol–water partition coefficient (Wildman–Crippen LogP) is 1.64. The number of hydrogen-bond acceptors (Lipinski definition) is 4. The first-order valence-electron chi connectivity index (χ1n) is 5.12. The molecule has 0 atom stereocenters. The molecule has 1 aromatic carbocycles. The van der Waals surface area contributed by atoms with Gasteiger partial charge in [0.25, 0.3) is 0 Å². The number of benzene rings is 1. The lowest BCUT2D eigenvalue weighted by molar-refractivity contribution is 0.560.